The summed E-state index contributed by atoms with van der Waals surface area (Å²) < 4.78 is 5.51. The average Bonchev–Trinajstić information content (AvgIpc) is 2.80. The molecule has 0 bridgehead atoms. The minimum atomic E-state index is 0.537. The van der Waals surface area contributed by atoms with E-state index < -0.39 is 0 Å². The molecule has 0 atom stereocenters. The van der Waals surface area contributed by atoms with E-state index in [1.54, 1.807) is 6.20 Å². The summed E-state index contributed by atoms with van der Waals surface area (Å²) in [6, 6.07) is 25.6. The molecule has 0 aliphatic rings. The van der Waals surface area contributed by atoms with Crippen LogP contribution in [0.4, 0.5) is 17.5 Å². The Balaban J connectivity index is 1.59. The molecule has 30 heavy (non-hydrogen) atoms. The van der Waals surface area contributed by atoms with Crippen molar-refractivity contribution in [1.82, 2.24) is 15.0 Å². The van der Waals surface area contributed by atoms with Crippen LogP contribution in [0.5, 0.6) is 5.75 Å². The predicted octanol–water partition coefficient (Wildman–Crippen LogP) is 5.29. The summed E-state index contributed by atoms with van der Waals surface area (Å²) in [6.07, 6.45) is 1.77. The molecule has 6 heteroatoms. The van der Waals surface area contributed by atoms with Gasteiger partial charge in [-0.25, -0.2) is 4.98 Å². The number of anilines is 3. The minimum absolute atomic E-state index is 0.537. The average molecular weight is 397 g/mol. The van der Waals surface area contributed by atoms with E-state index in [2.05, 4.69) is 25.6 Å². The van der Waals surface area contributed by atoms with Crippen LogP contribution in [0, 0.1) is 0 Å². The van der Waals surface area contributed by atoms with E-state index in [1.165, 1.54) is 0 Å². The van der Waals surface area contributed by atoms with Crippen molar-refractivity contribution in [1.29, 1.82) is 0 Å². The van der Waals surface area contributed by atoms with Gasteiger partial charge in [-0.2, -0.15) is 4.98 Å². The maximum Gasteiger partial charge on any atom is 0.225 e. The summed E-state index contributed by atoms with van der Waals surface area (Å²) in [6.45, 7) is 3.16. The van der Waals surface area contributed by atoms with Crippen LogP contribution in [0.15, 0.2) is 85.1 Å². The number of hydrogen-bond acceptors (Lipinski definition) is 6. The second-order valence-corrected chi connectivity index (χ2v) is 6.59. The highest BCUT2D eigenvalue weighted by Gasteiger charge is 2.08. The lowest BCUT2D eigenvalue weighted by Gasteiger charge is -2.12. The number of nitrogens with one attached hydrogen (secondary N) is 2. The molecule has 2 aromatic heterocycles. The first-order valence-electron chi connectivity index (χ1n) is 9.88. The Hall–Kier alpha value is -3.93. The lowest BCUT2D eigenvalue weighted by atomic mass is 10.1. The lowest BCUT2D eigenvalue weighted by molar-refractivity contribution is 0.340. The van der Waals surface area contributed by atoms with Gasteiger partial charge in [-0.3, -0.25) is 4.98 Å². The smallest absolute Gasteiger partial charge is 0.225 e. The quantitative estimate of drug-likeness (QED) is 0.421. The van der Waals surface area contributed by atoms with Crippen molar-refractivity contribution in [2.24, 2.45) is 0 Å². The predicted molar refractivity (Wildman–Crippen MR) is 120 cm³/mol. The Bertz CT molecular complexity index is 1070. The van der Waals surface area contributed by atoms with E-state index in [4.69, 9.17) is 4.74 Å². The molecule has 0 spiro atoms. The third-order valence-corrected chi connectivity index (χ3v) is 4.39. The van der Waals surface area contributed by atoms with Crippen LogP contribution in [0.25, 0.3) is 11.3 Å². The molecule has 2 N–H and O–H groups in total. The van der Waals surface area contributed by atoms with Gasteiger partial charge in [0.05, 0.1) is 24.5 Å². The summed E-state index contributed by atoms with van der Waals surface area (Å²) >= 11 is 0. The van der Waals surface area contributed by atoms with Gasteiger partial charge >= 0.3 is 0 Å². The summed E-state index contributed by atoms with van der Waals surface area (Å²) in [7, 11) is 0. The molecule has 2 aromatic carbocycles. The van der Waals surface area contributed by atoms with Crippen molar-refractivity contribution in [3.8, 4) is 17.0 Å². The van der Waals surface area contributed by atoms with Crippen LogP contribution >= 0.6 is 0 Å². The van der Waals surface area contributed by atoms with Crippen LogP contribution < -0.4 is 15.4 Å². The van der Waals surface area contributed by atoms with Gasteiger partial charge in [0.15, 0.2) is 0 Å². The molecular weight excluding hydrogens is 374 g/mol. The molecule has 0 fully saturated rings. The minimum Gasteiger partial charge on any atom is -0.494 e. The Labute approximate surface area is 176 Å². The van der Waals surface area contributed by atoms with Crippen molar-refractivity contribution < 1.29 is 4.74 Å². The molecule has 0 saturated carbocycles. The Morgan fingerprint density at radius 1 is 0.867 bits per heavy atom. The number of rotatable bonds is 8. The Kier molecular flexibility index (Phi) is 6.15. The molecule has 4 rings (SSSR count). The standard InChI is InChI=1S/C24H23N5O/c1-2-30-21-13-11-19(12-14-21)27-23-16-22(18-8-4-3-5-9-18)28-24(29-23)26-17-20-10-6-7-15-25-20/h3-16H,2,17H2,1H3,(H2,26,27,28,29). The Morgan fingerprint density at radius 2 is 1.67 bits per heavy atom. The number of pyridine rings is 1. The first-order valence-corrected chi connectivity index (χ1v) is 9.88. The van der Waals surface area contributed by atoms with Gasteiger partial charge in [-0.15, -0.1) is 0 Å². The van der Waals surface area contributed by atoms with Crippen molar-refractivity contribution >= 4 is 17.5 Å². The second kappa shape index (κ2) is 9.52. The fourth-order valence-corrected chi connectivity index (χ4v) is 2.97. The van der Waals surface area contributed by atoms with Gasteiger partial charge in [-0.1, -0.05) is 36.4 Å². The number of ether oxygens (including phenoxy) is 1. The maximum atomic E-state index is 5.51. The van der Waals surface area contributed by atoms with E-state index in [1.807, 2.05) is 85.8 Å². The van der Waals surface area contributed by atoms with Crippen molar-refractivity contribution in [2.75, 3.05) is 17.2 Å². The third-order valence-electron chi connectivity index (χ3n) is 4.39. The monoisotopic (exact) mass is 397 g/mol. The third kappa shape index (κ3) is 5.11. The van der Waals surface area contributed by atoms with Gasteiger partial charge in [0.25, 0.3) is 0 Å². The second-order valence-electron chi connectivity index (χ2n) is 6.59. The number of hydrogen-bond donors (Lipinski definition) is 2. The normalized spacial score (nSPS) is 10.4. The molecule has 150 valence electrons. The number of nitrogens with zero attached hydrogens (tertiary/aromatic N) is 3. The molecule has 0 aliphatic heterocycles. The molecule has 0 unspecified atom stereocenters. The molecule has 0 amide bonds. The van der Waals surface area contributed by atoms with Gasteiger partial charge in [0, 0.05) is 23.5 Å². The fraction of sp³-hybridized carbons (Fsp3) is 0.125. The fourth-order valence-electron chi connectivity index (χ4n) is 2.97. The SMILES string of the molecule is CCOc1ccc(Nc2cc(-c3ccccc3)nc(NCc3ccccn3)n2)cc1. The van der Waals surface area contributed by atoms with E-state index in [9.17, 15) is 0 Å². The molecule has 0 aliphatic carbocycles. The largest absolute Gasteiger partial charge is 0.494 e. The highest BCUT2D eigenvalue weighted by Crippen LogP contribution is 2.25. The van der Waals surface area contributed by atoms with Crippen LogP contribution in [0.1, 0.15) is 12.6 Å². The topological polar surface area (TPSA) is 72.0 Å². The van der Waals surface area contributed by atoms with Crippen LogP contribution in [-0.2, 0) is 6.54 Å². The van der Waals surface area contributed by atoms with Crippen molar-refractivity contribution in [3.05, 3.63) is 90.8 Å². The lowest BCUT2D eigenvalue weighted by Crippen LogP contribution is -2.07. The molecule has 2 heterocycles. The van der Waals surface area contributed by atoms with Gasteiger partial charge in [-0.05, 0) is 43.3 Å². The molecule has 4 aromatic rings. The maximum absolute atomic E-state index is 5.51. The first kappa shape index (κ1) is 19.4. The number of aromatic nitrogens is 3. The van der Waals surface area contributed by atoms with E-state index in [0.717, 1.165) is 28.4 Å². The summed E-state index contributed by atoms with van der Waals surface area (Å²) in [5.74, 6) is 2.08. The van der Waals surface area contributed by atoms with Crippen LogP contribution in [0.3, 0.4) is 0 Å². The molecule has 0 radical (unpaired) electrons. The van der Waals surface area contributed by atoms with Crippen LogP contribution in [-0.4, -0.2) is 21.6 Å². The highest BCUT2D eigenvalue weighted by atomic mass is 16.5. The van der Waals surface area contributed by atoms with Gasteiger partial charge in [0.2, 0.25) is 5.95 Å². The van der Waals surface area contributed by atoms with E-state index in [-0.39, 0.29) is 0 Å². The summed E-state index contributed by atoms with van der Waals surface area (Å²) in [5, 5.41) is 6.64. The van der Waals surface area contributed by atoms with Gasteiger partial charge in [0.1, 0.15) is 11.6 Å². The molecule has 0 saturated heterocycles. The summed E-state index contributed by atoms with van der Waals surface area (Å²) in [5.41, 5.74) is 3.71. The van der Waals surface area contributed by atoms with Crippen molar-refractivity contribution in [2.45, 2.75) is 13.5 Å². The zero-order valence-electron chi connectivity index (χ0n) is 16.7. The highest BCUT2D eigenvalue weighted by molar-refractivity contribution is 5.67. The molecular formula is C24H23N5O. The zero-order chi connectivity index (χ0) is 20.6. The van der Waals surface area contributed by atoms with Gasteiger partial charge < -0.3 is 15.4 Å². The van der Waals surface area contributed by atoms with E-state index >= 15 is 0 Å². The van der Waals surface area contributed by atoms with E-state index in [0.29, 0.717) is 24.9 Å². The number of benzene rings is 2. The Morgan fingerprint density at radius 3 is 2.40 bits per heavy atom. The zero-order valence-corrected chi connectivity index (χ0v) is 16.7. The van der Waals surface area contributed by atoms with Crippen molar-refractivity contribution in [3.63, 3.8) is 0 Å². The molecule has 6 nitrogen and oxygen atoms in total. The summed E-state index contributed by atoms with van der Waals surface area (Å²) in [4.78, 5) is 13.7. The van der Waals surface area contributed by atoms with Crippen LogP contribution in [0.2, 0.25) is 0 Å². The first-order chi connectivity index (χ1) is 14.8.